The van der Waals surface area contributed by atoms with Crippen LogP contribution in [0.15, 0.2) is 47.0 Å². The standard InChI is InChI=1S/C22H22N2O3/c1-14-5-6-15(2)19(13-14)22(25)23-21-16(3)27-24-20(21)12-9-17-7-10-18(26-4)11-8-17/h5-13H,1-4H3,(H,23,25). The van der Waals surface area contributed by atoms with Crippen LogP contribution in [0.5, 0.6) is 5.75 Å². The zero-order valence-electron chi connectivity index (χ0n) is 15.9. The Bertz CT molecular complexity index is 985. The van der Waals surface area contributed by atoms with E-state index in [2.05, 4.69) is 10.5 Å². The minimum atomic E-state index is -0.179. The first-order chi connectivity index (χ1) is 13.0. The average molecular weight is 362 g/mol. The number of aryl methyl sites for hydroxylation is 3. The van der Waals surface area contributed by atoms with Crippen LogP contribution >= 0.6 is 0 Å². The number of anilines is 1. The van der Waals surface area contributed by atoms with Crippen LogP contribution in [0.1, 0.15) is 38.5 Å². The fraction of sp³-hybridized carbons (Fsp3) is 0.182. The van der Waals surface area contributed by atoms with Crippen LogP contribution in [0, 0.1) is 20.8 Å². The Kier molecular flexibility index (Phi) is 5.41. The molecule has 0 fully saturated rings. The molecule has 5 heteroatoms. The lowest BCUT2D eigenvalue weighted by Gasteiger charge is -2.08. The molecule has 0 unspecified atom stereocenters. The maximum absolute atomic E-state index is 12.7. The highest BCUT2D eigenvalue weighted by molar-refractivity contribution is 6.06. The van der Waals surface area contributed by atoms with E-state index in [0.29, 0.717) is 22.7 Å². The fourth-order valence-corrected chi connectivity index (χ4v) is 2.71. The smallest absolute Gasteiger partial charge is 0.256 e. The Morgan fingerprint density at radius 1 is 1.07 bits per heavy atom. The molecule has 5 nitrogen and oxygen atoms in total. The van der Waals surface area contributed by atoms with Crippen molar-refractivity contribution in [1.82, 2.24) is 5.16 Å². The summed E-state index contributed by atoms with van der Waals surface area (Å²) < 4.78 is 10.4. The number of carbonyl (C=O) groups is 1. The summed E-state index contributed by atoms with van der Waals surface area (Å²) in [4.78, 5) is 12.7. The number of nitrogens with zero attached hydrogens (tertiary/aromatic N) is 1. The highest BCUT2D eigenvalue weighted by Gasteiger charge is 2.16. The van der Waals surface area contributed by atoms with E-state index in [4.69, 9.17) is 9.26 Å². The Labute approximate surface area is 158 Å². The Morgan fingerprint density at radius 3 is 2.52 bits per heavy atom. The second kappa shape index (κ2) is 7.91. The number of methoxy groups -OCH3 is 1. The van der Waals surface area contributed by atoms with Gasteiger partial charge in [-0.15, -0.1) is 0 Å². The first-order valence-electron chi connectivity index (χ1n) is 8.65. The van der Waals surface area contributed by atoms with Gasteiger partial charge in [0.15, 0.2) is 5.76 Å². The molecule has 27 heavy (non-hydrogen) atoms. The number of amides is 1. The fourth-order valence-electron chi connectivity index (χ4n) is 2.71. The summed E-state index contributed by atoms with van der Waals surface area (Å²) in [6.07, 6.45) is 3.72. The summed E-state index contributed by atoms with van der Waals surface area (Å²) in [5.41, 5.74) is 4.73. The van der Waals surface area contributed by atoms with Gasteiger partial charge in [0, 0.05) is 5.56 Å². The van der Waals surface area contributed by atoms with Gasteiger partial charge in [-0.2, -0.15) is 0 Å². The molecule has 1 heterocycles. The minimum absolute atomic E-state index is 0.179. The van der Waals surface area contributed by atoms with Gasteiger partial charge in [0.1, 0.15) is 17.1 Å². The van der Waals surface area contributed by atoms with E-state index < -0.39 is 0 Å². The summed E-state index contributed by atoms with van der Waals surface area (Å²) in [5.74, 6) is 1.18. The summed E-state index contributed by atoms with van der Waals surface area (Å²) in [5, 5.41) is 6.98. The van der Waals surface area contributed by atoms with Gasteiger partial charge in [-0.3, -0.25) is 4.79 Å². The van der Waals surface area contributed by atoms with Crippen molar-refractivity contribution in [3.8, 4) is 5.75 Å². The molecule has 1 N–H and O–H groups in total. The molecule has 0 atom stereocenters. The Balaban J connectivity index is 1.82. The molecule has 0 aliphatic heterocycles. The topological polar surface area (TPSA) is 64.4 Å². The average Bonchev–Trinajstić information content (AvgIpc) is 3.02. The monoisotopic (exact) mass is 362 g/mol. The molecule has 1 aromatic heterocycles. The van der Waals surface area contributed by atoms with Gasteiger partial charge < -0.3 is 14.6 Å². The van der Waals surface area contributed by atoms with Gasteiger partial charge in [-0.25, -0.2) is 0 Å². The van der Waals surface area contributed by atoms with Crippen LogP contribution in [0.4, 0.5) is 5.69 Å². The maximum Gasteiger partial charge on any atom is 0.256 e. The number of carbonyl (C=O) groups excluding carboxylic acids is 1. The first-order valence-corrected chi connectivity index (χ1v) is 8.65. The second-order valence-electron chi connectivity index (χ2n) is 6.38. The number of hydrogen-bond donors (Lipinski definition) is 1. The molecule has 0 aliphatic rings. The van der Waals surface area contributed by atoms with Crippen LogP contribution in [0.25, 0.3) is 12.2 Å². The number of hydrogen-bond acceptors (Lipinski definition) is 4. The van der Waals surface area contributed by atoms with Crippen molar-refractivity contribution in [3.05, 3.63) is 76.2 Å². The molecule has 2 aromatic carbocycles. The van der Waals surface area contributed by atoms with E-state index in [9.17, 15) is 4.79 Å². The van der Waals surface area contributed by atoms with Crippen molar-refractivity contribution in [3.63, 3.8) is 0 Å². The molecule has 0 saturated carbocycles. The number of ether oxygens (including phenoxy) is 1. The molecular formula is C22H22N2O3. The second-order valence-corrected chi connectivity index (χ2v) is 6.38. The lowest BCUT2D eigenvalue weighted by molar-refractivity contribution is 0.102. The van der Waals surface area contributed by atoms with E-state index in [-0.39, 0.29) is 5.91 Å². The molecule has 3 aromatic rings. The van der Waals surface area contributed by atoms with Crippen LogP contribution in [0.3, 0.4) is 0 Å². The van der Waals surface area contributed by atoms with Crippen molar-refractivity contribution < 1.29 is 14.1 Å². The molecule has 0 bridgehead atoms. The van der Waals surface area contributed by atoms with Crippen molar-refractivity contribution in [2.24, 2.45) is 0 Å². The third-order valence-corrected chi connectivity index (χ3v) is 4.31. The summed E-state index contributed by atoms with van der Waals surface area (Å²) in [6.45, 7) is 5.65. The van der Waals surface area contributed by atoms with Gasteiger partial charge in [0.05, 0.1) is 7.11 Å². The van der Waals surface area contributed by atoms with Gasteiger partial charge in [-0.1, -0.05) is 41.1 Å². The number of aromatic nitrogens is 1. The van der Waals surface area contributed by atoms with E-state index in [0.717, 1.165) is 22.4 Å². The molecule has 0 saturated heterocycles. The Hall–Kier alpha value is -3.34. The quantitative estimate of drug-likeness (QED) is 0.691. The number of nitrogens with one attached hydrogen (secondary N) is 1. The third kappa shape index (κ3) is 4.26. The predicted molar refractivity (Wildman–Crippen MR) is 107 cm³/mol. The van der Waals surface area contributed by atoms with Crippen LogP contribution < -0.4 is 10.1 Å². The third-order valence-electron chi connectivity index (χ3n) is 4.31. The van der Waals surface area contributed by atoms with Crippen LogP contribution in [-0.4, -0.2) is 18.2 Å². The number of rotatable bonds is 5. The predicted octanol–water partition coefficient (Wildman–Crippen LogP) is 5.03. The molecule has 0 radical (unpaired) electrons. The number of benzene rings is 2. The lowest BCUT2D eigenvalue weighted by atomic mass is 10.0. The Morgan fingerprint density at radius 2 is 1.81 bits per heavy atom. The molecule has 138 valence electrons. The summed E-state index contributed by atoms with van der Waals surface area (Å²) in [7, 11) is 1.63. The van der Waals surface area contributed by atoms with Gasteiger partial charge in [0.2, 0.25) is 0 Å². The van der Waals surface area contributed by atoms with Crippen molar-refractivity contribution in [2.45, 2.75) is 20.8 Å². The molecule has 0 aliphatic carbocycles. The lowest BCUT2D eigenvalue weighted by Crippen LogP contribution is -2.14. The first kappa shape index (κ1) is 18.5. The van der Waals surface area contributed by atoms with Crippen molar-refractivity contribution >= 4 is 23.7 Å². The molecule has 3 rings (SSSR count). The van der Waals surface area contributed by atoms with E-state index in [1.165, 1.54) is 0 Å². The minimum Gasteiger partial charge on any atom is -0.497 e. The van der Waals surface area contributed by atoms with E-state index >= 15 is 0 Å². The zero-order chi connectivity index (χ0) is 19.4. The van der Waals surface area contributed by atoms with Crippen LogP contribution in [-0.2, 0) is 0 Å². The van der Waals surface area contributed by atoms with E-state index in [1.54, 1.807) is 14.0 Å². The summed E-state index contributed by atoms with van der Waals surface area (Å²) >= 11 is 0. The van der Waals surface area contributed by atoms with Gasteiger partial charge >= 0.3 is 0 Å². The largest absolute Gasteiger partial charge is 0.497 e. The summed E-state index contributed by atoms with van der Waals surface area (Å²) in [6, 6.07) is 13.5. The zero-order valence-corrected chi connectivity index (χ0v) is 15.9. The SMILES string of the molecule is COc1ccc(C=Cc2noc(C)c2NC(=O)c2cc(C)ccc2C)cc1. The molecule has 1 amide bonds. The molecular weight excluding hydrogens is 340 g/mol. The molecule has 0 spiro atoms. The van der Waals surface area contributed by atoms with Crippen LogP contribution in [0.2, 0.25) is 0 Å². The normalized spacial score (nSPS) is 11.0. The van der Waals surface area contributed by atoms with Crippen molar-refractivity contribution in [1.29, 1.82) is 0 Å². The maximum atomic E-state index is 12.7. The highest BCUT2D eigenvalue weighted by atomic mass is 16.5. The van der Waals surface area contributed by atoms with E-state index in [1.807, 2.05) is 68.5 Å². The van der Waals surface area contributed by atoms with Gasteiger partial charge in [0.25, 0.3) is 5.91 Å². The van der Waals surface area contributed by atoms with Gasteiger partial charge in [-0.05, 0) is 56.2 Å². The van der Waals surface area contributed by atoms with Crippen molar-refractivity contribution in [2.75, 3.05) is 12.4 Å². The highest BCUT2D eigenvalue weighted by Crippen LogP contribution is 2.24.